The van der Waals surface area contributed by atoms with E-state index in [4.69, 9.17) is 15.0 Å². The van der Waals surface area contributed by atoms with Crippen molar-refractivity contribution in [1.29, 1.82) is 0 Å². The molecule has 0 radical (unpaired) electrons. The van der Waals surface area contributed by atoms with Crippen molar-refractivity contribution >= 4 is 27.9 Å². The highest BCUT2D eigenvalue weighted by Crippen LogP contribution is 2.29. The number of carboxylic acids is 3. The monoisotopic (exact) mass is 575 g/mol. The Morgan fingerprint density at radius 2 is 1.69 bits per heavy atom. The molecule has 2 aromatic heterocycles. The third-order valence-electron chi connectivity index (χ3n) is 5.04. The van der Waals surface area contributed by atoms with Crippen LogP contribution in [0.15, 0.2) is 66.0 Å². The van der Waals surface area contributed by atoms with Crippen LogP contribution in [0.25, 0.3) is 11.3 Å². The van der Waals surface area contributed by atoms with E-state index in [1.54, 1.807) is 6.07 Å². The topological polar surface area (TPSA) is 167 Å². The lowest BCUT2D eigenvalue weighted by atomic mass is 10.1. The van der Waals surface area contributed by atoms with Crippen molar-refractivity contribution in [1.82, 2.24) is 13.9 Å². The molecule has 1 unspecified atom stereocenters. The van der Waals surface area contributed by atoms with Crippen LogP contribution in [0.2, 0.25) is 0 Å². The third-order valence-corrected chi connectivity index (χ3v) is 6.70. The van der Waals surface area contributed by atoms with E-state index >= 15 is 0 Å². The molecular formula is C23H21F4N3O8S. The number of halogens is 4. The summed E-state index contributed by atoms with van der Waals surface area (Å²) in [6.45, 7) is -0.0821. The molecule has 16 heteroatoms. The first-order chi connectivity index (χ1) is 18.1. The first-order valence-electron chi connectivity index (χ1n) is 10.6. The molecule has 0 bridgehead atoms. The highest BCUT2D eigenvalue weighted by Gasteiger charge is 2.38. The van der Waals surface area contributed by atoms with E-state index < -0.39 is 52.4 Å². The fourth-order valence-corrected chi connectivity index (χ4v) is 4.61. The van der Waals surface area contributed by atoms with Crippen molar-refractivity contribution < 1.29 is 55.7 Å². The number of hydrogen-bond acceptors (Lipinski definition) is 7. The minimum absolute atomic E-state index is 0.0363. The zero-order valence-corrected chi connectivity index (χ0v) is 20.7. The maximum Gasteiger partial charge on any atom is 0.490 e. The molecule has 0 aliphatic rings. The highest BCUT2D eigenvalue weighted by molar-refractivity contribution is 7.90. The van der Waals surface area contributed by atoms with Gasteiger partial charge in [0.15, 0.2) is 0 Å². The molecule has 0 saturated carbocycles. The summed E-state index contributed by atoms with van der Waals surface area (Å²) in [5, 5.41) is 25.5. The van der Waals surface area contributed by atoms with Gasteiger partial charge < -0.3 is 15.3 Å². The van der Waals surface area contributed by atoms with Crippen LogP contribution in [0.3, 0.4) is 0 Å². The van der Waals surface area contributed by atoms with E-state index in [1.807, 2.05) is 0 Å². The summed E-state index contributed by atoms with van der Waals surface area (Å²) in [6.07, 6.45) is -1.87. The Kier molecular flexibility index (Phi) is 9.90. The van der Waals surface area contributed by atoms with Gasteiger partial charge in [0.25, 0.3) is 10.0 Å². The van der Waals surface area contributed by atoms with Crippen LogP contribution in [-0.4, -0.2) is 74.8 Å². The highest BCUT2D eigenvalue weighted by atomic mass is 32.2. The zero-order valence-electron chi connectivity index (χ0n) is 19.9. The molecule has 0 aliphatic heterocycles. The average molecular weight is 575 g/mol. The number of pyridine rings is 1. The van der Waals surface area contributed by atoms with Gasteiger partial charge in [-0.05, 0) is 42.9 Å². The molecule has 0 fully saturated rings. The van der Waals surface area contributed by atoms with Crippen molar-refractivity contribution in [3.8, 4) is 11.3 Å². The lowest BCUT2D eigenvalue weighted by molar-refractivity contribution is -0.192. The Morgan fingerprint density at radius 1 is 1.08 bits per heavy atom. The van der Waals surface area contributed by atoms with Gasteiger partial charge >= 0.3 is 24.1 Å². The van der Waals surface area contributed by atoms with Crippen LogP contribution in [0.1, 0.15) is 12.0 Å². The Hall–Kier alpha value is -4.31. The second-order valence-electron chi connectivity index (χ2n) is 7.87. The first-order valence-corrected chi connectivity index (χ1v) is 12.1. The predicted octanol–water partition coefficient (Wildman–Crippen LogP) is 2.92. The van der Waals surface area contributed by atoms with Crippen molar-refractivity contribution in [3.05, 3.63) is 72.4 Å². The number of aliphatic carboxylic acids is 3. The molecule has 0 spiro atoms. The lowest BCUT2D eigenvalue weighted by Gasteiger charge is -2.22. The van der Waals surface area contributed by atoms with E-state index in [9.17, 15) is 40.7 Å². The van der Waals surface area contributed by atoms with Gasteiger partial charge in [0.2, 0.25) is 0 Å². The Balaban J connectivity index is 0.000000673. The summed E-state index contributed by atoms with van der Waals surface area (Å²) in [6, 6.07) is 8.57. The molecule has 2 heterocycles. The molecule has 39 heavy (non-hydrogen) atoms. The molecule has 3 aromatic rings. The average Bonchev–Trinajstić information content (AvgIpc) is 3.27. The number of carbonyl (C=O) groups is 3. The standard InChI is InChI=1S/C21H20FN3O6S.C2HF3O2/c1-24(19(21(28)29)10-20(26)27)12-14-9-18(16-6-2-3-7-17(16)22)25(13-14)32(30,31)15-5-4-8-23-11-15;3-2(4,5)1(6)7/h2-9,11,13,19H,10,12H2,1H3,(H,26,27)(H,28,29);(H,6,7). The third kappa shape index (κ3) is 8.08. The van der Waals surface area contributed by atoms with Gasteiger partial charge in [0.05, 0.1) is 12.1 Å². The lowest BCUT2D eigenvalue weighted by Crippen LogP contribution is -2.39. The Morgan fingerprint density at radius 3 is 2.18 bits per heavy atom. The molecule has 1 aromatic carbocycles. The molecule has 210 valence electrons. The van der Waals surface area contributed by atoms with Crippen LogP contribution in [0.4, 0.5) is 17.6 Å². The van der Waals surface area contributed by atoms with Crippen molar-refractivity contribution in [2.75, 3.05) is 7.05 Å². The molecule has 0 saturated heterocycles. The van der Waals surface area contributed by atoms with Gasteiger partial charge in [0, 0.05) is 30.7 Å². The van der Waals surface area contributed by atoms with Gasteiger partial charge in [-0.25, -0.2) is 21.6 Å². The number of rotatable bonds is 9. The van der Waals surface area contributed by atoms with E-state index in [2.05, 4.69) is 4.98 Å². The maximum absolute atomic E-state index is 14.5. The van der Waals surface area contributed by atoms with Gasteiger partial charge in [-0.1, -0.05) is 12.1 Å². The molecular weight excluding hydrogens is 554 g/mol. The normalized spacial score (nSPS) is 12.4. The summed E-state index contributed by atoms with van der Waals surface area (Å²) < 4.78 is 73.7. The van der Waals surface area contributed by atoms with Crippen molar-refractivity contribution in [3.63, 3.8) is 0 Å². The van der Waals surface area contributed by atoms with Gasteiger partial charge in [-0.3, -0.25) is 19.5 Å². The molecule has 0 amide bonds. The maximum atomic E-state index is 14.5. The summed E-state index contributed by atoms with van der Waals surface area (Å²) >= 11 is 0. The second-order valence-corrected chi connectivity index (χ2v) is 9.69. The molecule has 0 aliphatic carbocycles. The number of alkyl halides is 3. The van der Waals surface area contributed by atoms with Gasteiger partial charge in [-0.2, -0.15) is 13.2 Å². The largest absolute Gasteiger partial charge is 0.490 e. The number of hydrogen-bond donors (Lipinski definition) is 3. The van der Waals surface area contributed by atoms with Crippen LogP contribution in [0.5, 0.6) is 0 Å². The van der Waals surface area contributed by atoms with E-state index in [0.717, 1.165) is 3.97 Å². The molecule has 3 N–H and O–H groups in total. The minimum Gasteiger partial charge on any atom is -0.481 e. The van der Waals surface area contributed by atoms with E-state index in [1.165, 1.54) is 66.9 Å². The molecule has 1 atom stereocenters. The molecule has 11 nitrogen and oxygen atoms in total. The van der Waals surface area contributed by atoms with Crippen LogP contribution >= 0.6 is 0 Å². The SMILES string of the molecule is CN(Cc1cc(-c2ccccc2F)n(S(=O)(=O)c2cccnc2)c1)C(CC(=O)O)C(=O)O.O=C(O)C(F)(F)F. The minimum atomic E-state index is -5.08. The number of likely N-dealkylation sites (N-methyl/N-ethyl adjacent to an activating group) is 1. The number of carboxylic acid groups (broad SMARTS) is 3. The summed E-state index contributed by atoms with van der Waals surface area (Å²) in [5.41, 5.74) is 0.435. The summed E-state index contributed by atoms with van der Waals surface area (Å²) in [7, 11) is -2.73. The number of benzene rings is 1. The quantitative estimate of drug-likeness (QED) is 0.323. The van der Waals surface area contributed by atoms with Gasteiger partial charge in [-0.15, -0.1) is 0 Å². The number of nitrogens with zero attached hydrogens (tertiary/aromatic N) is 3. The van der Waals surface area contributed by atoms with E-state index in [0.29, 0.717) is 5.56 Å². The smallest absolute Gasteiger partial charge is 0.481 e. The van der Waals surface area contributed by atoms with Crippen LogP contribution < -0.4 is 0 Å². The second kappa shape index (κ2) is 12.5. The summed E-state index contributed by atoms with van der Waals surface area (Å²) in [5.74, 6) is -6.01. The summed E-state index contributed by atoms with van der Waals surface area (Å²) in [4.78, 5) is 36.4. The van der Waals surface area contributed by atoms with Crippen molar-refractivity contribution in [2.45, 2.75) is 30.1 Å². The van der Waals surface area contributed by atoms with Crippen LogP contribution in [0, 0.1) is 5.82 Å². The van der Waals surface area contributed by atoms with Crippen LogP contribution in [-0.2, 0) is 31.0 Å². The zero-order chi connectivity index (χ0) is 29.5. The first kappa shape index (κ1) is 30.9. The Bertz CT molecular complexity index is 1440. The fourth-order valence-electron chi connectivity index (χ4n) is 3.26. The van der Waals surface area contributed by atoms with Gasteiger partial charge in [0.1, 0.15) is 16.8 Å². The van der Waals surface area contributed by atoms with Crippen molar-refractivity contribution in [2.24, 2.45) is 0 Å². The molecule has 3 rings (SSSR count). The fraction of sp³-hybridized carbons (Fsp3) is 0.217. The Labute approximate surface area is 218 Å². The number of aromatic nitrogens is 2. The van der Waals surface area contributed by atoms with E-state index in [-0.39, 0.29) is 22.7 Å². The predicted molar refractivity (Wildman–Crippen MR) is 125 cm³/mol.